The number of imidazole rings is 1. The van der Waals surface area contributed by atoms with Crippen LogP contribution < -0.4 is 15.6 Å². The summed E-state index contributed by atoms with van der Waals surface area (Å²) in [5.74, 6) is -0.501. The van der Waals surface area contributed by atoms with E-state index in [9.17, 15) is 48.5 Å². The Hall–Kier alpha value is -3.98. The molecule has 6 heterocycles. The zero-order valence-electron chi connectivity index (χ0n) is 28.9. The number of amides is 1. The normalized spacial score (nSPS) is 27.3. The van der Waals surface area contributed by atoms with Crippen LogP contribution in [0.25, 0.3) is 11.2 Å². The highest BCUT2D eigenvalue weighted by Gasteiger charge is 2.50. The van der Waals surface area contributed by atoms with Gasteiger partial charge in [0.2, 0.25) is 0 Å². The summed E-state index contributed by atoms with van der Waals surface area (Å²) in [5, 5.41) is 53.5. The van der Waals surface area contributed by atoms with E-state index in [-0.39, 0.29) is 42.3 Å². The van der Waals surface area contributed by atoms with Gasteiger partial charge in [0.1, 0.15) is 54.8 Å². The van der Waals surface area contributed by atoms with Crippen LogP contribution in [0.1, 0.15) is 28.5 Å². The lowest BCUT2D eigenvalue weighted by Gasteiger charge is -2.20. The van der Waals surface area contributed by atoms with Gasteiger partial charge in [-0.2, -0.15) is 8.88 Å². The topological polar surface area (TPSA) is 344 Å². The van der Waals surface area contributed by atoms with Crippen LogP contribution >= 0.6 is 15.6 Å². The highest BCUT2D eigenvalue weighted by Crippen LogP contribution is 2.60. The van der Waals surface area contributed by atoms with Crippen molar-refractivity contribution in [3.8, 4) is 0 Å². The van der Waals surface area contributed by atoms with Gasteiger partial charge in [-0.05, 0) is 6.07 Å². The Morgan fingerprint density at radius 1 is 1.00 bits per heavy atom. The minimum Gasteiger partial charge on any atom is -0.387 e. The van der Waals surface area contributed by atoms with Gasteiger partial charge in [0.25, 0.3) is 12.1 Å². The molecule has 2 saturated heterocycles. The van der Waals surface area contributed by atoms with Crippen LogP contribution in [0.2, 0.25) is 0 Å². The molecule has 4 aromatic rings. The zero-order chi connectivity index (χ0) is 40.2. The molecule has 0 radical (unpaired) electrons. The van der Waals surface area contributed by atoms with E-state index in [1.54, 1.807) is 6.20 Å². The SMILES string of the molecule is NC(=O)c1ccc[n+]([C@@H]2O[C@H](COP(=O)(O)OP(=O)(O)OC[C@H]3O[C@@H](n4cnc5c(NCc6cn(CCOCCF)nn6)ncnc54)[C@H](O)[C@@H]3O)[C@@H](O)[C@H]2O)c1. The van der Waals surface area contributed by atoms with Crippen molar-refractivity contribution in [2.24, 2.45) is 5.73 Å². The molecule has 306 valence electrons. The second kappa shape index (κ2) is 17.7. The van der Waals surface area contributed by atoms with E-state index < -0.39 is 90.5 Å². The number of aliphatic hydroxyl groups is 4. The lowest BCUT2D eigenvalue weighted by Crippen LogP contribution is -2.46. The van der Waals surface area contributed by atoms with Gasteiger partial charge >= 0.3 is 15.6 Å². The van der Waals surface area contributed by atoms with Crippen molar-refractivity contribution in [1.82, 2.24) is 34.5 Å². The van der Waals surface area contributed by atoms with E-state index in [1.165, 1.54) is 51.0 Å². The molecule has 1 amide bonds. The molecule has 56 heavy (non-hydrogen) atoms. The first-order valence-electron chi connectivity index (χ1n) is 16.6. The summed E-state index contributed by atoms with van der Waals surface area (Å²) in [7, 11) is -10.9. The van der Waals surface area contributed by atoms with Crippen molar-refractivity contribution in [1.29, 1.82) is 0 Å². The van der Waals surface area contributed by atoms with Gasteiger partial charge in [-0.3, -0.25) is 18.4 Å². The number of ether oxygens (including phenoxy) is 3. The maximum absolute atomic E-state index is 12.6. The molecule has 0 aromatic carbocycles. The summed E-state index contributed by atoms with van der Waals surface area (Å²) in [5.41, 5.74) is 6.27. The van der Waals surface area contributed by atoms with E-state index in [1.807, 2.05) is 0 Å². The van der Waals surface area contributed by atoms with Gasteiger partial charge in [-0.1, -0.05) is 5.21 Å². The van der Waals surface area contributed by atoms with Crippen molar-refractivity contribution in [2.45, 2.75) is 62.2 Å². The first-order valence-corrected chi connectivity index (χ1v) is 19.6. The molecule has 2 unspecified atom stereocenters. The number of fused-ring (bicyclic) bond motifs is 1. The Morgan fingerprint density at radius 2 is 1.71 bits per heavy atom. The van der Waals surface area contributed by atoms with E-state index in [4.69, 9.17) is 29.0 Å². The number of carbonyl (C=O) groups is 1. The van der Waals surface area contributed by atoms with Crippen LogP contribution in [0.4, 0.5) is 10.2 Å². The number of primary amides is 1. The number of hydrogen-bond acceptors (Lipinski definition) is 19. The summed E-state index contributed by atoms with van der Waals surface area (Å²) < 4.78 is 71.6. The number of carbonyl (C=O) groups excluding carboxylic acids is 1. The minimum absolute atomic E-state index is 0.0128. The van der Waals surface area contributed by atoms with E-state index >= 15 is 0 Å². The summed E-state index contributed by atoms with van der Waals surface area (Å²) in [6, 6.07) is 2.83. The Kier molecular flexibility index (Phi) is 13.1. The van der Waals surface area contributed by atoms with E-state index in [2.05, 4.69) is 34.9 Å². The second-order valence-corrected chi connectivity index (χ2v) is 15.3. The molecule has 0 saturated carbocycles. The molecule has 25 nitrogen and oxygen atoms in total. The number of hydrogen-bond donors (Lipinski definition) is 8. The molecule has 10 atom stereocenters. The minimum atomic E-state index is -5.43. The van der Waals surface area contributed by atoms with Crippen molar-refractivity contribution >= 4 is 38.5 Å². The highest BCUT2D eigenvalue weighted by molar-refractivity contribution is 7.61. The standard InChI is InChI=1S/C28H37FN10O15P2/c29-3-6-49-7-5-38-10-16(35-36-38)8-31-25-19-26(33-13-32-25)39(14-34-19)28-23(43)21(41)18(53-28)12-51-56(47,48)54-55(45,46)50-11-17-20(40)22(42)27(52-17)37-4-1-2-15(9-37)24(30)44/h1-2,4,9-10,13-14,17-18,20-23,27-28,40-43H,3,5-8,11-12H2,(H4-,30,31,32,33,44,45,46,47,48)/p+1/t17-,18-,20-,21-,22-,23-,27-,28-/m1/s1. The number of anilines is 1. The molecule has 28 heteroatoms. The number of phosphoric acid groups is 2. The number of phosphoric ester groups is 2. The summed E-state index contributed by atoms with van der Waals surface area (Å²) in [4.78, 5) is 44.5. The molecular formula is C28H38FN10O15P2+. The lowest BCUT2D eigenvalue weighted by atomic mass is 10.1. The summed E-state index contributed by atoms with van der Waals surface area (Å²) >= 11 is 0. The summed E-state index contributed by atoms with van der Waals surface area (Å²) in [6.07, 6.45) is -5.41. The maximum atomic E-state index is 12.6. The summed E-state index contributed by atoms with van der Waals surface area (Å²) in [6.45, 7) is -1.66. The van der Waals surface area contributed by atoms with E-state index in [0.29, 0.717) is 12.2 Å². The number of alkyl halides is 1. The number of pyridine rings is 1. The first kappa shape index (κ1) is 41.6. The third-order valence-electron chi connectivity index (χ3n) is 8.43. The molecule has 2 aliphatic heterocycles. The van der Waals surface area contributed by atoms with Crippen LogP contribution in [0.5, 0.6) is 0 Å². The Bertz CT molecular complexity index is 2080. The predicted octanol–water partition coefficient (Wildman–Crippen LogP) is -2.41. The van der Waals surface area contributed by atoms with Crippen LogP contribution in [-0.4, -0.2) is 140 Å². The molecule has 6 rings (SSSR count). The number of nitrogens with zero attached hydrogens (tertiary/aromatic N) is 8. The molecule has 0 aliphatic carbocycles. The smallest absolute Gasteiger partial charge is 0.387 e. The fraction of sp³-hybridized carbons (Fsp3) is 0.536. The molecule has 2 aliphatic rings. The number of rotatable bonds is 19. The van der Waals surface area contributed by atoms with Gasteiger partial charge in [0.15, 0.2) is 41.7 Å². The van der Waals surface area contributed by atoms with Crippen molar-refractivity contribution in [3.63, 3.8) is 0 Å². The number of aliphatic hydroxyl groups excluding tert-OH is 4. The van der Waals surface area contributed by atoms with Crippen LogP contribution in [0.3, 0.4) is 0 Å². The van der Waals surface area contributed by atoms with Gasteiger partial charge in [0, 0.05) is 6.07 Å². The third kappa shape index (κ3) is 9.75. The predicted molar refractivity (Wildman–Crippen MR) is 179 cm³/mol. The highest BCUT2D eigenvalue weighted by atomic mass is 31.3. The first-order chi connectivity index (χ1) is 26.7. The Labute approximate surface area is 314 Å². The van der Waals surface area contributed by atoms with Crippen molar-refractivity contribution in [3.05, 3.63) is 54.6 Å². The Morgan fingerprint density at radius 3 is 2.43 bits per heavy atom. The molecule has 0 bridgehead atoms. The van der Waals surface area contributed by atoms with Gasteiger partial charge in [-0.25, -0.2) is 33.2 Å². The van der Waals surface area contributed by atoms with Gasteiger partial charge in [-0.15, -0.1) is 5.10 Å². The number of aromatic nitrogens is 8. The van der Waals surface area contributed by atoms with Crippen molar-refractivity contribution in [2.75, 3.05) is 38.4 Å². The van der Waals surface area contributed by atoms with Crippen LogP contribution in [0.15, 0.2) is 43.4 Å². The molecule has 2 fully saturated rings. The molecule has 0 spiro atoms. The van der Waals surface area contributed by atoms with Crippen molar-refractivity contribution < 1.29 is 80.7 Å². The number of nitrogens with one attached hydrogen (secondary N) is 1. The average Bonchev–Trinajstić information content (AvgIpc) is 3.93. The third-order valence-corrected chi connectivity index (χ3v) is 11.0. The maximum Gasteiger partial charge on any atom is 0.481 e. The number of halogens is 1. The molecule has 4 aromatic heterocycles. The fourth-order valence-electron chi connectivity index (χ4n) is 5.70. The fourth-order valence-corrected chi connectivity index (χ4v) is 7.80. The zero-order valence-corrected chi connectivity index (χ0v) is 30.7. The average molecular weight is 836 g/mol. The largest absolute Gasteiger partial charge is 0.481 e. The van der Waals surface area contributed by atoms with E-state index in [0.717, 1.165) is 0 Å². The molecule has 9 N–H and O–H groups in total. The monoisotopic (exact) mass is 835 g/mol. The van der Waals surface area contributed by atoms with Gasteiger partial charge < -0.3 is 55.5 Å². The molecular weight excluding hydrogens is 797 g/mol. The van der Waals surface area contributed by atoms with Crippen LogP contribution in [0, 0.1) is 0 Å². The lowest BCUT2D eigenvalue weighted by molar-refractivity contribution is -0.765. The number of nitrogens with two attached hydrogens (primary N) is 1. The van der Waals surface area contributed by atoms with Crippen LogP contribution in [-0.2, 0) is 49.8 Å². The quantitative estimate of drug-likeness (QED) is 0.0277. The van der Waals surface area contributed by atoms with Gasteiger partial charge in [0.05, 0.1) is 52.0 Å². The second-order valence-electron chi connectivity index (χ2n) is 12.3. The Balaban J connectivity index is 1.01.